The van der Waals surface area contributed by atoms with Gasteiger partial charge in [0.2, 0.25) is 5.88 Å². The lowest BCUT2D eigenvalue weighted by Gasteiger charge is -2.03. The third kappa shape index (κ3) is 2.82. The van der Waals surface area contributed by atoms with E-state index in [0.29, 0.717) is 11.6 Å². The second-order valence-electron chi connectivity index (χ2n) is 2.50. The molecule has 1 heterocycles. The largest absolute Gasteiger partial charge is 0.480 e. The van der Waals surface area contributed by atoms with Crippen LogP contribution in [-0.4, -0.2) is 28.7 Å². The van der Waals surface area contributed by atoms with Gasteiger partial charge in [-0.25, -0.2) is 9.97 Å². The molecule has 76 valence electrons. The van der Waals surface area contributed by atoms with E-state index < -0.39 is 0 Å². The molecule has 0 saturated heterocycles. The Morgan fingerprint density at radius 2 is 2.36 bits per heavy atom. The number of aromatic nitrogens is 2. The molecule has 0 aliphatic rings. The Bertz CT molecular complexity index is 344. The molecule has 0 unspecified atom stereocenters. The van der Waals surface area contributed by atoms with Gasteiger partial charge in [0.1, 0.15) is 0 Å². The fourth-order valence-electron chi connectivity index (χ4n) is 0.839. The molecule has 0 aliphatic carbocycles. The molecule has 6 heteroatoms. The van der Waals surface area contributed by atoms with Crippen molar-refractivity contribution in [1.29, 1.82) is 0 Å². The fraction of sp³-hybridized carbons (Fsp3) is 0.375. The third-order valence-corrected chi connectivity index (χ3v) is 2.11. The first kappa shape index (κ1) is 11.2. The van der Waals surface area contributed by atoms with E-state index in [9.17, 15) is 4.79 Å². The number of methoxy groups -OCH3 is 1. The number of hydrogen-bond acceptors (Lipinski definition) is 4. The Balaban J connectivity index is 2.89. The first-order chi connectivity index (χ1) is 6.67. The van der Waals surface area contributed by atoms with Crippen molar-refractivity contribution in [1.82, 2.24) is 9.97 Å². The van der Waals surface area contributed by atoms with Crippen LogP contribution in [0.25, 0.3) is 0 Å². The molecule has 0 atom stereocenters. The summed E-state index contributed by atoms with van der Waals surface area (Å²) >= 11 is 11.1. The summed E-state index contributed by atoms with van der Waals surface area (Å²) < 4.78 is 4.85. The molecule has 1 aromatic heterocycles. The molecule has 4 nitrogen and oxygen atoms in total. The molecular formula is C8H8Cl2N2O2. The summed E-state index contributed by atoms with van der Waals surface area (Å²) in [5.41, 5.74) is 0.386. The van der Waals surface area contributed by atoms with Crippen LogP contribution < -0.4 is 4.74 Å². The third-order valence-electron chi connectivity index (χ3n) is 1.49. The monoisotopic (exact) mass is 234 g/mol. The SMILES string of the molecule is COc1cnc(Cl)c(CC(=O)CCl)n1. The highest BCUT2D eigenvalue weighted by atomic mass is 35.5. The van der Waals surface area contributed by atoms with Crippen molar-refractivity contribution in [2.45, 2.75) is 6.42 Å². The minimum atomic E-state index is -0.156. The van der Waals surface area contributed by atoms with Crippen LogP contribution in [0.2, 0.25) is 5.15 Å². The van der Waals surface area contributed by atoms with E-state index >= 15 is 0 Å². The quantitative estimate of drug-likeness (QED) is 0.742. The van der Waals surface area contributed by atoms with E-state index in [0.717, 1.165) is 0 Å². The summed E-state index contributed by atoms with van der Waals surface area (Å²) in [4.78, 5) is 18.8. The second kappa shape index (κ2) is 5.12. The Morgan fingerprint density at radius 3 is 2.93 bits per heavy atom. The molecule has 0 amide bonds. The van der Waals surface area contributed by atoms with Crippen LogP contribution in [0.4, 0.5) is 0 Å². The van der Waals surface area contributed by atoms with Crippen molar-refractivity contribution in [2.75, 3.05) is 13.0 Å². The van der Waals surface area contributed by atoms with E-state index in [1.54, 1.807) is 0 Å². The van der Waals surface area contributed by atoms with Crippen molar-refractivity contribution in [3.63, 3.8) is 0 Å². The minimum absolute atomic E-state index is 0.0603. The van der Waals surface area contributed by atoms with Gasteiger partial charge in [-0.2, -0.15) is 0 Å². The van der Waals surface area contributed by atoms with Crippen molar-refractivity contribution in [2.24, 2.45) is 0 Å². The van der Waals surface area contributed by atoms with Gasteiger partial charge in [-0.15, -0.1) is 11.6 Å². The Kier molecular flexibility index (Phi) is 4.10. The minimum Gasteiger partial charge on any atom is -0.480 e. The molecule has 0 aromatic carbocycles. The molecule has 1 aromatic rings. The van der Waals surface area contributed by atoms with Crippen molar-refractivity contribution >= 4 is 29.0 Å². The van der Waals surface area contributed by atoms with Gasteiger partial charge in [0.05, 0.1) is 31.3 Å². The summed E-state index contributed by atoms with van der Waals surface area (Å²) in [6, 6.07) is 0. The lowest BCUT2D eigenvalue weighted by atomic mass is 10.2. The first-order valence-corrected chi connectivity index (χ1v) is 4.71. The molecule has 0 N–H and O–H groups in total. The molecule has 0 radical (unpaired) electrons. The highest BCUT2D eigenvalue weighted by Gasteiger charge is 2.10. The van der Waals surface area contributed by atoms with Crippen molar-refractivity contribution < 1.29 is 9.53 Å². The predicted molar refractivity (Wildman–Crippen MR) is 53.0 cm³/mol. The zero-order valence-corrected chi connectivity index (χ0v) is 8.97. The standard InChI is InChI=1S/C8H8Cl2N2O2/c1-14-7-4-11-8(10)6(12-7)2-5(13)3-9/h4H,2-3H2,1H3. The summed E-state index contributed by atoms with van der Waals surface area (Å²) in [7, 11) is 1.46. The zero-order chi connectivity index (χ0) is 10.6. The van der Waals surface area contributed by atoms with E-state index in [1.165, 1.54) is 13.3 Å². The van der Waals surface area contributed by atoms with Gasteiger partial charge in [-0.1, -0.05) is 11.6 Å². The van der Waals surface area contributed by atoms with Crippen LogP contribution in [0.3, 0.4) is 0 Å². The molecule has 0 bridgehead atoms. The topological polar surface area (TPSA) is 52.1 Å². The molecule has 14 heavy (non-hydrogen) atoms. The average molecular weight is 235 g/mol. The number of carbonyl (C=O) groups excluding carboxylic acids is 1. The number of halogens is 2. The van der Waals surface area contributed by atoms with Crippen LogP contribution in [0.1, 0.15) is 5.69 Å². The maximum atomic E-state index is 11.0. The number of hydrogen-bond donors (Lipinski definition) is 0. The van der Waals surface area contributed by atoms with Gasteiger partial charge in [0, 0.05) is 0 Å². The second-order valence-corrected chi connectivity index (χ2v) is 3.12. The molecule has 0 aliphatic heterocycles. The van der Waals surface area contributed by atoms with Crippen LogP contribution >= 0.6 is 23.2 Å². The summed E-state index contributed by atoms with van der Waals surface area (Å²) in [5, 5.41) is 0.198. The normalized spacial score (nSPS) is 9.93. The Labute approximate surface area is 91.2 Å². The lowest BCUT2D eigenvalue weighted by molar-refractivity contribution is -0.116. The molecular weight excluding hydrogens is 227 g/mol. The van der Waals surface area contributed by atoms with Crippen molar-refractivity contribution in [3.05, 3.63) is 17.0 Å². The maximum Gasteiger partial charge on any atom is 0.232 e. The van der Waals surface area contributed by atoms with E-state index in [2.05, 4.69) is 9.97 Å². The number of carbonyl (C=O) groups is 1. The van der Waals surface area contributed by atoms with Gasteiger partial charge in [0.25, 0.3) is 0 Å². The van der Waals surface area contributed by atoms with Gasteiger partial charge in [-0.3, -0.25) is 4.79 Å². The summed E-state index contributed by atoms with van der Waals surface area (Å²) in [6.45, 7) is 0. The van der Waals surface area contributed by atoms with Gasteiger partial charge < -0.3 is 4.74 Å². The number of Topliss-reactive ketones (excluding diaryl/α,β-unsaturated/α-hetero) is 1. The van der Waals surface area contributed by atoms with Crippen molar-refractivity contribution in [3.8, 4) is 5.88 Å². The molecule has 0 spiro atoms. The molecule has 1 rings (SSSR count). The first-order valence-electron chi connectivity index (χ1n) is 3.80. The van der Waals surface area contributed by atoms with Gasteiger partial charge >= 0.3 is 0 Å². The smallest absolute Gasteiger partial charge is 0.232 e. The van der Waals surface area contributed by atoms with Crippen LogP contribution in [0.5, 0.6) is 5.88 Å². The Morgan fingerprint density at radius 1 is 1.64 bits per heavy atom. The van der Waals surface area contributed by atoms with Crippen LogP contribution in [0.15, 0.2) is 6.20 Å². The summed E-state index contributed by atoms with van der Waals surface area (Å²) in [6.07, 6.45) is 1.46. The van der Waals surface area contributed by atoms with Crippen LogP contribution in [0, 0.1) is 0 Å². The number of ether oxygens (including phenoxy) is 1. The van der Waals surface area contributed by atoms with E-state index in [-0.39, 0.29) is 23.2 Å². The maximum absolute atomic E-state index is 11.0. The Hall–Kier alpha value is -0.870. The van der Waals surface area contributed by atoms with Crippen LogP contribution in [-0.2, 0) is 11.2 Å². The van der Waals surface area contributed by atoms with Gasteiger partial charge in [0.15, 0.2) is 10.9 Å². The fourth-order valence-corrected chi connectivity index (χ4v) is 1.09. The van der Waals surface area contributed by atoms with Gasteiger partial charge in [-0.05, 0) is 0 Å². The highest BCUT2D eigenvalue weighted by molar-refractivity contribution is 6.31. The summed E-state index contributed by atoms with van der Waals surface area (Å²) in [5.74, 6) is 0.109. The highest BCUT2D eigenvalue weighted by Crippen LogP contribution is 2.15. The number of nitrogens with zero attached hydrogens (tertiary/aromatic N) is 2. The predicted octanol–water partition coefficient (Wildman–Crippen LogP) is 1.49. The number of alkyl halides is 1. The molecule has 0 saturated carbocycles. The van der Waals surface area contributed by atoms with E-state index in [4.69, 9.17) is 27.9 Å². The molecule has 0 fully saturated rings. The zero-order valence-electron chi connectivity index (χ0n) is 7.46. The lowest BCUT2D eigenvalue weighted by Crippen LogP contribution is -2.07. The number of ketones is 1. The number of rotatable bonds is 4. The van der Waals surface area contributed by atoms with E-state index in [1.807, 2.05) is 0 Å². The average Bonchev–Trinajstić information content (AvgIpc) is 2.21.